The first-order chi connectivity index (χ1) is 25.7. The molecular weight excluding hydrogens is 631 g/mol. The van der Waals surface area contributed by atoms with Gasteiger partial charge in [-0.05, 0) is 148 Å². The van der Waals surface area contributed by atoms with E-state index in [1.807, 2.05) is 6.07 Å². The monoisotopic (exact) mass is 667 g/mol. The summed E-state index contributed by atoms with van der Waals surface area (Å²) in [7, 11) is 0. The van der Waals surface area contributed by atoms with Crippen LogP contribution in [0.3, 0.4) is 0 Å². The number of hydrogen-bond donors (Lipinski definition) is 0. The van der Waals surface area contributed by atoms with Crippen molar-refractivity contribution in [3.63, 3.8) is 0 Å². The Balaban J connectivity index is 1.03. The fourth-order valence-electron chi connectivity index (χ4n) is 12.4. The van der Waals surface area contributed by atoms with Crippen LogP contribution < -0.4 is 0 Å². The van der Waals surface area contributed by atoms with Gasteiger partial charge in [0, 0.05) is 32.6 Å². The summed E-state index contributed by atoms with van der Waals surface area (Å²) < 4.78 is 8.69. The van der Waals surface area contributed by atoms with E-state index in [2.05, 4.69) is 138 Å². The molecule has 0 atom stereocenters. The third-order valence-electron chi connectivity index (χ3n) is 14.2. The van der Waals surface area contributed by atoms with Gasteiger partial charge in [0.1, 0.15) is 11.2 Å². The van der Waals surface area contributed by atoms with Crippen molar-refractivity contribution < 1.29 is 4.42 Å². The van der Waals surface area contributed by atoms with Gasteiger partial charge in [0.05, 0.1) is 11.0 Å². The largest absolute Gasteiger partial charge is 0.456 e. The molecule has 0 aliphatic heterocycles. The molecule has 5 aliphatic carbocycles. The number of rotatable bonds is 2. The van der Waals surface area contributed by atoms with Crippen LogP contribution in [-0.2, 0) is 5.41 Å². The van der Waals surface area contributed by atoms with Crippen molar-refractivity contribution in [3.05, 3.63) is 151 Å². The lowest BCUT2D eigenvalue weighted by atomic mass is 9.43. The van der Waals surface area contributed by atoms with Gasteiger partial charge < -0.3 is 8.98 Å². The summed E-state index contributed by atoms with van der Waals surface area (Å²) in [6.45, 7) is 0. The minimum absolute atomic E-state index is 0.204. The molecule has 2 heterocycles. The average Bonchev–Trinajstić information content (AvgIpc) is 3.82. The Morgan fingerprint density at radius 1 is 0.481 bits per heavy atom. The number of furan rings is 1. The Morgan fingerprint density at radius 2 is 1.17 bits per heavy atom. The van der Waals surface area contributed by atoms with Gasteiger partial charge in [0.25, 0.3) is 0 Å². The zero-order valence-corrected chi connectivity index (χ0v) is 29.0. The molecule has 14 rings (SSSR count). The topological polar surface area (TPSA) is 18.1 Å². The van der Waals surface area contributed by atoms with Gasteiger partial charge in [0.2, 0.25) is 0 Å². The molecule has 0 radical (unpaired) electrons. The lowest BCUT2D eigenvalue weighted by molar-refractivity contribution is -0.0399. The highest BCUT2D eigenvalue weighted by Gasteiger charge is 2.61. The van der Waals surface area contributed by atoms with E-state index in [0.717, 1.165) is 51.3 Å². The molecular formula is C50H37NO. The van der Waals surface area contributed by atoms with Gasteiger partial charge in [-0.3, -0.25) is 0 Å². The van der Waals surface area contributed by atoms with Gasteiger partial charge in [-0.2, -0.15) is 0 Å². The molecule has 2 aromatic heterocycles. The fourth-order valence-corrected chi connectivity index (χ4v) is 12.4. The Kier molecular flexibility index (Phi) is 5.30. The highest BCUT2D eigenvalue weighted by molar-refractivity contribution is 6.22. The summed E-state index contributed by atoms with van der Waals surface area (Å²) in [6, 6.07) is 52.7. The van der Waals surface area contributed by atoms with E-state index in [1.165, 1.54) is 86.9 Å². The molecule has 248 valence electrons. The highest BCUT2D eigenvalue weighted by atomic mass is 16.3. The van der Waals surface area contributed by atoms with Gasteiger partial charge in [-0.15, -0.1) is 0 Å². The van der Waals surface area contributed by atoms with Crippen molar-refractivity contribution in [1.82, 2.24) is 4.57 Å². The van der Waals surface area contributed by atoms with Crippen LogP contribution in [0.2, 0.25) is 0 Å². The third kappa shape index (κ3) is 3.46. The quantitative estimate of drug-likeness (QED) is 0.179. The normalized spacial score (nSPS) is 24.2. The van der Waals surface area contributed by atoms with Gasteiger partial charge >= 0.3 is 0 Å². The first-order valence-electron chi connectivity index (χ1n) is 19.3. The SMILES string of the molecule is c1ccc2c(c1)-c1cc(-c3ccc4c(c3)c3c5ccccc5ccc3n4-c3ccc4oc5ccccc5c4c3)ccc1C21C2CC3CC(C2)CC1C3. The third-order valence-corrected chi connectivity index (χ3v) is 14.2. The van der Waals surface area contributed by atoms with E-state index in [4.69, 9.17) is 4.42 Å². The second-order valence-electron chi connectivity index (χ2n) is 16.5. The summed E-state index contributed by atoms with van der Waals surface area (Å²) in [4.78, 5) is 0. The van der Waals surface area contributed by atoms with E-state index in [9.17, 15) is 0 Å². The number of nitrogens with zero attached hydrogens (tertiary/aromatic N) is 1. The molecule has 0 unspecified atom stereocenters. The van der Waals surface area contributed by atoms with Gasteiger partial charge in [-0.1, -0.05) is 91.0 Å². The van der Waals surface area contributed by atoms with E-state index < -0.39 is 0 Å². The van der Waals surface area contributed by atoms with Crippen LogP contribution >= 0.6 is 0 Å². The predicted octanol–water partition coefficient (Wildman–Crippen LogP) is 13.2. The summed E-state index contributed by atoms with van der Waals surface area (Å²) in [5, 5.41) is 7.47. The Bertz CT molecular complexity index is 2960. The standard InChI is InChI=1S/C50H37NO/c1-2-8-37-31(7-1)14-19-46-49(37)42-27-33(15-18-45(42)51(46)36-16-20-48-41(28-36)39-10-4-6-12-47(39)52-48)32-13-17-44-40(26-32)38-9-3-5-11-43(38)50(44)34-22-29-21-30(24-34)25-35(50)23-29/h1-20,26-30,34-35H,21-25H2. The lowest BCUT2D eigenvalue weighted by Gasteiger charge is -2.61. The summed E-state index contributed by atoms with van der Waals surface area (Å²) in [6.07, 6.45) is 7.16. The maximum absolute atomic E-state index is 6.23. The van der Waals surface area contributed by atoms with Crippen LogP contribution in [0.15, 0.2) is 144 Å². The number of para-hydroxylation sites is 1. The lowest BCUT2D eigenvalue weighted by Crippen LogP contribution is -2.55. The van der Waals surface area contributed by atoms with Crippen molar-refractivity contribution in [1.29, 1.82) is 0 Å². The Labute approximate surface area is 302 Å². The summed E-state index contributed by atoms with van der Waals surface area (Å²) in [5.41, 5.74) is 14.5. The highest BCUT2D eigenvalue weighted by Crippen LogP contribution is 2.69. The Hall–Kier alpha value is -5.60. The Morgan fingerprint density at radius 3 is 2.06 bits per heavy atom. The van der Waals surface area contributed by atoms with E-state index in [-0.39, 0.29) is 5.41 Å². The smallest absolute Gasteiger partial charge is 0.135 e. The van der Waals surface area contributed by atoms with Crippen LogP contribution in [-0.4, -0.2) is 4.57 Å². The maximum atomic E-state index is 6.23. The average molecular weight is 668 g/mol. The van der Waals surface area contributed by atoms with Gasteiger partial charge in [-0.25, -0.2) is 0 Å². The van der Waals surface area contributed by atoms with Crippen LogP contribution in [0, 0.1) is 23.7 Å². The second-order valence-corrected chi connectivity index (χ2v) is 16.5. The fraction of sp³-hybridized carbons (Fsp3) is 0.200. The van der Waals surface area contributed by atoms with Crippen molar-refractivity contribution in [2.45, 2.75) is 37.5 Å². The molecule has 5 aliphatic rings. The van der Waals surface area contributed by atoms with Crippen LogP contribution in [0.1, 0.15) is 43.2 Å². The second kappa shape index (κ2) is 9.83. The molecule has 7 aromatic carbocycles. The van der Waals surface area contributed by atoms with Crippen LogP contribution in [0.4, 0.5) is 0 Å². The van der Waals surface area contributed by atoms with Crippen molar-refractivity contribution in [2.24, 2.45) is 23.7 Å². The minimum atomic E-state index is 0.204. The molecule has 9 aromatic rings. The van der Waals surface area contributed by atoms with Crippen LogP contribution in [0.5, 0.6) is 0 Å². The predicted molar refractivity (Wildman–Crippen MR) is 214 cm³/mol. The minimum Gasteiger partial charge on any atom is -0.456 e. The first-order valence-corrected chi connectivity index (χ1v) is 19.3. The maximum Gasteiger partial charge on any atom is 0.135 e. The van der Waals surface area contributed by atoms with Crippen molar-refractivity contribution in [3.8, 4) is 27.9 Å². The summed E-state index contributed by atoms with van der Waals surface area (Å²) >= 11 is 0. The number of benzene rings is 7. The zero-order chi connectivity index (χ0) is 33.7. The molecule has 2 heteroatoms. The molecule has 0 amide bonds. The number of fused-ring (bicyclic) bond motifs is 11. The summed E-state index contributed by atoms with van der Waals surface area (Å²) in [5.74, 6) is 3.48. The molecule has 2 nitrogen and oxygen atoms in total. The van der Waals surface area contributed by atoms with E-state index in [0.29, 0.717) is 0 Å². The molecule has 4 fully saturated rings. The molecule has 0 N–H and O–H groups in total. The number of hydrogen-bond acceptors (Lipinski definition) is 1. The molecule has 1 spiro atoms. The number of aromatic nitrogens is 1. The van der Waals surface area contributed by atoms with Crippen LogP contribution in [0.25, 0.3) is 82.5 Å². The van der Waals surface area contributed by atoms with Crippen molar-refractivity contribution in [2.75, 3.05) is 0 Å². The van der Waals surface area contributed by atoms with E-state index in [1.54, 1.807) is 11.1 Å². The first kappa shape index (κ1) is 28.0. The van der Waals surface area contributed by atoms with Crippen molar-refractivity contribution >= 4 is 54.5 Å². The molecule has 4 bridgehead atoms. The zero-order valence-electron chi connectivity index (χ0n) is 29.0. The molecule has 4 saturated carbocycles. The molecule has 0 saturated heterocycles. The molecule has 52 heavy (non-hydrogen) atoms. The van der Waals surface area contributed by atoms with E-state index >= 15 is 0 Å². The van der Waals surface area contributed by atoms with Gasteiger partial charge in [0.15, 0.2) is 0 Å².